The Bertz CT molecular complexity index is 442. The third-order valence-corrected chi connectivity index (χ3v) is 3.84. The normalized spacial score (nSPS) is 20.6. The van der Waals surface area contributed by atoms with Gasteiger partial charge in [-0.25, -0.2) is 0 Å². The molecule has 0 aromatic heterocycles. The van der Waals surface area contributed by atoms with E-state index in [-0.39, 0.29) is 5.91 Å². The zero-order valence-corrected chi connectivity index (χ0v) is 11.3. The minimum atomic E-state index is 0.121. The van der Waals surface area contributed by atoms with Gasteiger partial charge in [0.15, 0.2) is 0 Å². The standard InChI is InChI=1S/C15H22N2O/c1-11-7-8-13(10-14(11)16)15(18)17-9-5-3-4-6-12(17)2/h7-8,10,12H,3-6,9,16H2,1-2H3. The molecule has 0 saturated carbocycles. The number of carbonyl (C=O) groups excluding carboxylic acids is 1. The topological polar surface area (TPSA) is 46.3 Å². The fraction of sp³-hybridized carbons (Fsp3) is 0.533. The van der Waals surface area contributed by atoms with Crippen molar-refractivity contribution in [3.05, 3.63) is 29.3 Å². The number of anilines is 1. The van der Waals surface area contributed by atoms with E-state index in [1.165, 1.54) is 12.8 Å². The van der Waals surface area contributed by atoms with Crippen LogP contribution in [0.5, 0.6) is 0 Å². The Kier molecular flexibility index (Phi) is 3.90. The van der Waals surface area contributed by atoms with Crippen LogP contribution in [0.1, 0.15) is 48.5 Å². The van der Waals surface area contributed by atoms with E-state index in [1.807, 2.05) is 24.0 Å². The highest BCUT2D eigenvalue weighted by molar-refractivity contribution is 5.95. The van der Waals surface area contributed by atoms with E-state index < -0.39 is 0 Å². The highest BCUT2D eigenvalue weighted by Gasteiger charge is 2.23. The van der Waals surface area contributed by atoms with E-state index in [1.54, 1.807) is 6.07 Å². The summed E-state index contributed by atoms with van der Waals surface area (Å²) in [7, 11) is 0. The van der Waals surface area contributed by atoms with Gasteiger partial charge < -0.3 is 10.6 Å². The molecule has 18 heavy (non-hydrogen) atoms. The molecule has 1 fully saturated rings. The van der Waals surface area contributed by atoms with Gasteiger partial charge in [-0.1, -0.05) is 18.9 Å². The molecular weight excluding hydrogens is 224 g/mol. The molecule has 1 aliphatic rings. The monoisotopic (exact) mass is 246 g/mol. The Hall–Kier alpha value is -1.51. The zero-order chi connectivity index (χ0) is 13.1. The molecule has 2 N–H and O–H groups in total. The van der Waals surface area contributed by atoms with Crippen LogP contribution in [-0.2, 0) is 0 Å². The van der Waals surface area contributed by atoms with Crippen molar-refractivity contribution in [3.63, 3.8) is 0 Å². The van der Waals surface area contributed by atoms with Gasteiger partial charge in [0.05, 0.1) is 0 Å². The molecule has 1 aromatic carbocycles. The first-order valence-corrected chi connectivity index (χ1v) is 6.76. The minimum absolute atomic E-state index is 0.121. The SMILES string of the molecule is Cc1ccc(C(=O)N2CCCCCC2C)cc1N. The molecule has 0 bridgehead atoms. The second kappa shape index (κ2) is 5.42. The maximum Gasteiger partial charge on any atom is 0.254 e. The summed E-state index contributed by atoms with van der Waals surface area (Å²) in [4.78, 5) is 14.5. The van der Waals surface area contributed by atoms with Gasteiger partial charge in [-0.05, 0) is 44.4 Å². The number of aryl methyl sites for hydroxylation is 1. The Morgan fingerprint density at radius 2 is 2.11 bits per heavy atom. The number of benzene rings is 1. The lowest BCUT2D eigenvalue weighted by Gasteiger charge is -2.27. The van der Waals surface area contributed by atoms with Gasteiger partial charge in [0.25, 0.3) is 5.91 Å². The van der Waals surface area contributed by atoms with Crippen LogP contribution in [0.3, 0.4) is 0 Å². The van der Waals surface area contributed by atoms with Crippen molar-refractivity contribution < 1.29 is 4.79 Å². The van der Waals surface area contributed by atoms with Gasteiger partial charge >= 0.3 is 0 Å². The number of hydrogen-bond acceptors (Lipinski definition) is 2. The van der Waals surface area contributed by atoms with E-state index in [4.69, 9.17) is 5.73 Å². The van der Waals surface area contributed by atoms with Gasteiger partial charge in [-0.15, -0.1) is 0 Å². The number of amides is 1. The summed E-state index contributed by atoms with van der Waals surface area (Å²) in [5.41, 5.74) is 8.32. The molecule has 0 aliphatic carbocycles. The maximum atomic E-state index is 12.5. The third-order valence-electron chi connectivity index (χ3n) is 3.84. The van der Waals surface area contributed by atoms with Crippen molar-refractivity contribution in [1.29, 1.82) is 0 Å². The molecule has 0 radical (unpaired) electrons. The van der Waals surface area contributed by atoms with E-state index >= 15 is 0 Å². The maximum absolute atomic E-state index is 12.5. The summed E-state index contributed by atoms with van der Waals surface area (Å²) in [6, 6.07) is 5.94. The van der Waals surface area contributed by atoms with Crippen LogP contribution in [0.15, 0.2) is 18.2 Å². The first kappa shape index (κ1) is 12.9. The van der Waals surface area contributed by atoms with Gasteiger partial charge in [0.2, 0.25) is 0 Å². The molecule has 1 aromatic rings. The lowest BCUT2D eigenvalue weighted by molar-refractivity contribution is 0.0698. The lowest BCUT2D eigenvalue weighted by atomic mass is 10.1. The number of hydrogen-bond donors (Lipinski definition) is 1. The molecule has 1 saturated heterocycles. The van der Waals surface area contributed by atoms with E-state index in [0.717, 1.165) is 24.9 Å². The van der Waals surface area contributed by atoms with E-state index in [9.17, 15) is 4.79 Å². The number of carbonyl (C=O) groups is 1. The van der Waals surface area contributed by atoms with Crippen LogP contribution >= 0.6 is 0 Å². The predicted molar refractivity (Wildman–Crippen MR) is 74.6 cm³/mol. The van der Waals surface area contributed by atoms with Crippen molar-refractivity contribution >= 4 is 11.6 Å². The molecule has 1 unspecified atom stereocenters. The van der Waals surface area contributed by atoms with Crippen LogP contribution in [0, 0.1) is 6.92 Å². The predicted octanol–water partition coefficient (Wildman–Crippen LogP) is 2.98. The second-order valence-corrected chi connectivity index (χ2v) is 5.27. The molecule has 1 aliphatic heterocycles. The second-order valence-electron chi connectivity index (χ2n) is 5.27. The van der Waals surface area contributed by atoms with Crippen molar-refractivity contribution in [2.24, 2.45) is 0 Å². The molecule has 3 nitrogen and oxygen atoms in total. The molecule has 0 spiro atoms. The number of likely N-dealkylation sites (tertiary alicyclic amines) is 1. The fourth-order valence-electron chi connectivity index (χ4n) is 2.52. The van der Waals surface area contributed by atoms with Crippen LogP contribution in [0.2, 0.25) is 0 Å². The van der Waals surface area contributed by atoms with Crippen LogP contribution in [0.4, 0.5) is 5.69 Å². The van der Waals surface area contributed by atoms with Crippen molar-refractivity contribution in [1.82, 2.24) is 4.90 Å². The number of nitrogens with zero attached hydrogens (tertiary/aromatic N) is 1. The Balaban J connectivity index is 2.21. The number of nitrogen functional groups attached to an aromatic ring is 1. The van der Waals surface area contributed by atoms with Gasteiger partial charge in [0.1, 0.15) is 0 Å². The largest absolute Gasteiger partial charge is 0.398 e. The summed E-state index contributed by atoms with van der Waals surface area (Å²) in [6.07, 6.45) is 4.66. The first-order valence-electron chi connectivity index (χ1n) is 6.76. The third kappa shape index (κ3) is 2.66. The summed E-state index contributed by atoms with van der Waals surface area (Å²) in [5.74, 6) is 0.121. The molecule has 98 valence electrons. The molecular formula is C15H22N2O. The smallest absolute Gasteiger partial charge is 0.254 e. The molecule has 3 heteroatoms. The van der Waals surface area contributed by atoms with Crippen molar-refractivity contribution in [3.8, 4) is 0 Å². The lowest BCUT2D eigenvalue weighted by Crippen LogP contribution is -2.38. The van der Waals surface area contributed by atoms with Crippen LogP contribution in [-0.4, -0.2) is 23.4 Å². The van der Waals surface area contributed by atoms with Crippen LogP contribution < -0.4 is 5.73 Å². The highest BCUT2D eigenvalue weighted by Crippen LogP contribution is 2.20. The summed E-state index contributed by atoms with van der Waals surface area (Å²) in [6.45, 7) is 4.96. The highest BCUT2D eigenvalue weighted by atomic mass is 16.2. The van der Waals surface area contributed by atoms with Crippen LogP contribution in [0.25, 0.3) is 0 Å². The Labute approximate surface area is 109 Å². The Morgan fingerprint density at radius 3 is 2.83 bits per heavy atom. The Morgan fingerprint density at radius 1 is 1.33 bits per heavy atom. The minimum Gasteiger partial charge on any atom is -0.398 e. The molecule has 1 amide bonds. The summed E-state index contributed by atoms with van der Waals surface area (Å²) >= 11 is 0. The first-order chi connectivity index (χ1) is 8.59. The van der Waals surface area contributed by atoms with Gasteiger partial charge in [-0.2, -0.15) is 0 Å². The molecule has 1 heterocycles. The van der Waals surface area contributed by atoms with Crippen molar-refractivity contribution in [2.75, 3.05) is 12.3 Å². The summed E-state index contributed by atoms with van der Waals surface area (Å²) in [5, 5.41) is 0. The van der Waals surface area contributed by atoms with E-state index in [0.29, 0.717) is 17.3 Å². The van der Waals surface area contributed by atoms with Gasteiger partial charge in [0, 0.05) is 23.8 Å². The quantitative estimate of drug-likeness (QED) is 0.774. The average Bonchev–Trinajstić information content (AvgIpc) is 2.56. The van der Waals surface area contributed by atoms with Crippen molar-refractivity contribution in [2.45, 2.75) is 45.6 Å². The van der Waals surface area contributed by atoms with E-state index in [2.05, 4.69) is 6.92 Å². The molecule has 2 rings (SSSR count). The summed E-state index contributed by atoms with van der Waals surface area (Å²) < 4.78 is 0. The zero-order valence-electron chi connectivity index (χ0n) is 11.3. The van der Waals surface area contributed by atoms with Gasteiger partial charge in [-0.3, -0.25) is 4.79 Å². The molecule has 1 atom stereocenters. The number of nitrogens with two attached hydrogens (primary N) is 1. The fourth-order valence-corrected chi connectivity index (χ4v) is 2.52. The average molecular weight is 246 g/mol. The number of rotatable bonds is 1.